The number of hydrogen-bond donors (Lipinski definition) is 3. The Kier molecular flexibility index (Phi) is 6.06. The summed E-state index contributed by atoms with van der Waals surface area (Å²) in [6, 6.07) is 18.3. The normalized spacial score (nSPS) is 11.1. The molecule has 0 saturated carbocycles. The number of fused-ring (bicyclic) bond motifs is 1. The Labute approximate surface area is 201 Å². The zero-order chi connectivity index (χ0) is 24.4. The van der Waals surface area contributed by atoms with Gasteiger partial charge in [0.15, 0.2) is 0 Å². The number of rotatable bonds is 8. The molecule has 0 spiro atoms. The van der Waals surface area contributed by atoms with E-state index in [1.807, 2.05) is 55.6 Å². The van der Waals surface area contributed by atoms with Crippen molar-refractivity contribution in [2.45, 2.75) is 26.2 Å². The zero-order valence-corrected chi connectivity index (χ0v) is 19.1. The average molecular weight is 470 g/mol. The Morgan fingerprint density at radius 3 is 2.80 bits per heavy atom. The summed E-state index contributed by atoms with van der Waals surface area (Å²) in [4.78, 5) is 21.6. The van der Waals surface area contributed by atoms with Gasteiger partial charge in [0.1, 0.15) is 23.1 Å². The molecule has 0 aliphatic heterocycles. The van der Waals surface area contributed by atoms with Crippen molar-refractivity contribution in [1.29, 1.82) is 0 Å². The highest BCUT2D eigenvalue weighted by Gasteiger charge is 2.13. The van der Waals surface area contributed by atoms with E-state index in [1.165, 1.54) is 6.07 Å². The number of imidazole rings is 1. The predicted molar refractivity (Wildman–Crippen MR) is 132 cm³/mol. The summed E-state index contributed by atoms with van der Waals surface area (Å²) in [5.41, 5.74) is 5.18. The second-order valence-electron chi connectivity index (χ2n) is 8.52. The predicted octanol–water partition coefficient (Wildman–Crippen LogP) is 6.41. The summed E-state index contributed by atoms with van der Waals surface area (Å²) in [6.07, 6.45) is 4.72. The van der Waals surface area contributed by atoms with Crippen molar-refractivity contribution < 1.29 is 19.0 Å². The molecule has 3 N–H and O–H groups in total. The molecule has 2 aromatic heterocycles. The molecule has 0 aliphatic rings. The van der Waals surface area contributed by atoms with Crippen LogP contribution in [0.25, 0.3) is 22.3 Å². The van der Waals surface area contributed by atoms with Gasteiger partial charge in [0.25, 0.3) is 0 Å². The number of carbonyl (C=O) groups is 1. The Bertz CT molecular complexity index is 1520. The summed E-state index contributed by atoms with van der Waals surface area (Å²) in [5.74, 6) is 0.428. The quantitative estimate of drug-likeness (QED) is 0.245. The number of H-pyrrole nitrogens is 2. The van der Waals surface area contributed by atoms with Crippen LogP contribution < -0.4 is 4.74 Å². The molecule has 2 heterocycles. The molecule has 0 amide bonds. The summed E-state index contributed by atoms with van der Waals surface area (Å²) in [6.45, 7) is 1.99. The van der Waals surface area contributed by atoms with Gasteiger partial charge in [-0.1, -0.05) is 24.3 Å². The summed E-state index contributed by atoms with van der Waals surface area (Å²) in [7, 11) is 0. The SMILES string of the molecule is Cc1c(Oc2ccc(F)c(-c3ncc(Cc4cccc(CCC(=O)O)c4)[nH]3)c2)ccc2[nH]ccc12. The number of hydrogen-bond acceptors (Lipinski definition) is 3. The summed E-state index contributed by atoms with van der Waals surface area (Å²) in [5, 5.41) is 9.98. The molecule has 5 aromatic rings. The molecule has 0 aliphatic carbocycles. The number of nitrogens with one attached hydrogen (secondary N) is 2. The van der Waals surface area contributed by atoms with Gasteiger partial charge in [0, 0.05) is 47.4 Å². The molecule has 6 nitrogen and oxygen atoms in total. The first kappa shape index (κ1) is 22.4. The fourth-order valence-electron chi connectivity index (χ4n) is 4.20. The first-order valence-corrected chi connectivity index (χ1v) is 11.3. The summed E-state index contributed by atoms with van der Waals surface area (Å²) < 4.78 is 20.8. The Hall–Kier alpha value is -4.39. The number of carboxylic acids is 1. The van der Waals surface area contributed by atoms with Crippen LogP contribution in [0.3, 0.4) is 0 Å². The minimum absolute atomic E-state index is 0.0912. The molecule has 0 fully saturated rings. The number of aromatic nitrogens is 3. The molecule has 176 valence electrons. The van der Waals surface area contributed by atoms with Crippen LogP contribution in [0.5, 0.6) is 11.5 Å². The van der Waals surface area contributed by atoms with E-state index in [0.29, 0.717) is 35.7 Å². The largest absolute Gasteiger partial charge is 0.481 e. The van der Waals surface area contributed by atoms with E-state index in [-0.39, 0.29) is 6.42 Å². The molecular weight excluding hydrogens is 445 g/mol. The molecule has 3 aromatic carbocycles. The fourth-order valence-corrected chi connectivity index (χ4v) is 4.20. The van der Waals surface area contributed by atoms with Gasteiger partial charge in [-0.15, -0.1) is 0 Å². The zero-order valence-electron chi connectivity index (χ0n) is 19.1. The van der Waals surface area contributed by atoms with E-state index < -0.39 is 11.8 Å². The lowest BCUT2D eigenvalue weighted by atomic mass is 10.0. The van der Waals surface area contributed by atoms with Gasteiger partial charge in [-0.3, -0.25) is 4.79 Å². The second-order valence-corrected chi connectivity index (χ2v) is 8.52. The molecule has 0 bridgehead atoms. The maximum Gasteiger partial charge on any atom is 0.303 e. The van der Waals surface area contributed by atoms with Crippen molar-refractivity contribution >= 4 is 16.9 Å². The van der Waals surface area contributed by atoms with Gasteiger partial charge in [0.05, 0.1) is 5.56 Å². The van der Waals surface area contributed by atoms with Crippen molar-refractivity contribution in [3.63, 3.8) is 0 Å². The van der Waals surface area contributed by atoms with E-state index in [0.717, 1.165) is 33.3 Å². The van der Waals surface area contributed by atoms with Crippen molar-refractivity contribution in [3.05, 3.63) is 101 Å². The lowest BCUT2D eigenvalue weighted by molar-refractivity contribution is -0.136. The van der Waals surface area contributed by atoms with Gasteiger partial charge in [-0.05, 0) is 60.9 Å². The van der Waals surface area contributed by atoms with Crippen molar-refractivity contribution in [3.8, 4) is 22.9 Å². The van der Waals surface area contributed by atoms with E-state index in [1.54, 1.807) is 18.3 Å². The summed E-state index contributed by atoms with van der Waals surface area (Å²) >= 11 is 0. The van der Waals surface area contributed by atoms with Crippen LogP contribution in [-0.4, -0.2) is 26.0 Å². The third-order valence-corrected chi connectivity index (χ3v) is 6.02. The standard InChI is InChI=1S/C28H24FN3O3/c1-17-22-11-12-30-25(22)8-9-26(17)35-21-6-7-24(29)23(15-21)28-31-16-20(32-28)14-19-4-2-3-18(13-19)5-10-27(33)34/h2-4,6-9,11-13,15-16,30H,5,10,14H2,1H3,(H,31,32)(H,33,34). The van der Waals surface area contributed by atoms with Gasteiger partial charge >= 0.3 is 5.97 Å². The number of aliphatic carboxylic acids is 1. The van der Waals surface area contributed by atoms with Gasteiger partial charge in [-0.25, -0.2) is 9.37 Å². The number of carboxylic acid groups (broad SMARTS) is 1. The van der Waals surface area contributed by atoms with Gasteiger partial charge < -0.3 is 19.8 Å². The second kappa shape index (κ2) is 9.46. The molecule has 0 radical (unpaired) electrons. The van der Waals surface area contributed by atoms with Crippen molar-refractivity contribution in [2.75, 3.05) is 0 Å². The topological polar surface area (TPSA) is 91.0 Å². The minimum Gasteiger partial charge on any atom is -0.481 e. The first-order chi connectivity index (χ1) is 17.0. The van der Waals surface area contributed by atoms with Crippen LogP contribution in [-0.2, 0) is 17.6 Å². The Morgan fingerprint density at radius 2 is 1.94 bits per heavy atom. The van der Waals surface area contributed by atoms with Crippen LogP contribution >= 0.6 is 0 Å². The van der Waals surface area contributed by atoms with Crippen molar-refractivity contribution in [1.82, 2.24) is 15.0 Å². The highest BCUT2D eigenvalue weighted by Crippen LogP contribution is 2.33. The molecule has 0 unspecified atom stereocenters. The van der Waals surface area contributed by atoms with E-state index in [2.05, 4.69) is 15.0 Å². The number of aromatic amines is 2. The molecule has 0 saturated heterocycles. The van der Waals surface area contributed by atoms with Crippen LogP contribution in [0.4, 0.5) is 4.39 Å². The van der Waals surface area contributed by atoms with Crippen LogP contribution in [0.1, 0.15) is 28.8 Å². The van der Waals surface area contributed by atoms with Crippen molar-refractivity contribution in [2.24, 2.45) is 0 Å². The highest BCUT2D eigenvalue weighted by atomic mass is 19.1. The number of halogens is 1. The van der Waals surface area contributed by atoms with E-state index in [9.17, 15) is 9.18 Å². The van der Waals surface area contributed by atoms with Gasteiger partial charge in [0.2, 0.25) is 0 Å². The fraction of sp³-hybridized carbons (Fsp3) is 0.143. The lowest BCUT2D eigenvalue weighted by Crippen LogP contribution is -1.98. The number of aryl methyl sites for hydroxylation is 2. The molecule has 0 atom stereocenters. The Morgan fingerprint density at radius 1 is 1.09 bits per heavy atom. The molecule has 35 heavy (non-hydrogen) atoms. The third kappa shape index (κ3) is 4.94. The number of nitrogens with zero attached hydrogens (tertiary/aromatic N) is 1. The molecule has 5 rings (SSSR count). The third-order valence-electron chi connectivity index (χ3n) is 6.02. The maximum absolute atomic E-state index is 14.7. The maximum atomic E-state index is 14.7. The van der Waals surface area contributed by atoms with Crippen LogP contribution in [0, 0.1) is 12.7 Å². The minimum atomic E-state index is -0.818. The Balaban J connectivity index is 1.35. The highest BCUT2D eigenvalue weighted by molar-refractivity contribution is 5.85. The monoisotopic (exact) mass is 469 g/mol. The first-order valence-electron chi connectivity index (χ1n) is 11.3. The average Bonchev–Trinajstić information content (AvgIpc) is 3.51. The number of ether oxygens (including phenoxy) is 1. The smallest absolute Gasteiger partial charge is 0.303 e. The van der Waals surface area contributed by atoms with Gasteiger partial charge in [-0.2, -0.15) is 0 Å². The lowest BCUT2D eigenvalue weighted by Gasteiger charge is -2.11. The van der Waals surface area contributed by atoms with E-state index >= 15 is 0 Å². The molecular formula is C28H24FN3O3. The number of benzene rings is 3. The van der Waals surface area contributed by atoms with E-state index in [4.69, 9.17) is 9.84 Å². The van der Waals surface area contributed by atoms with Crippen LogP contribution in [0.2, 0.25) is 0 Å². The van der Waals surface area contributed by atoms with Crippen LogP contribution in [0.15, 0.2) is 73.1 Å². The molecule has 7 heteroatoms.